The Balaban J connectivity index is 1.55. The Kier molecular flexibility index (Phi) is 5.08. The minimum absolute atomic E-state index is 0.0260. The molecule has 0 aliphatic rings. The summed E-state index contributed by atoms with van der Waals surface area (Å²) in [4.78, 5) is 17.1. The van der Waals surface area contributed by atoms with Gasteiger partial charge < -0.3 is 4.74 Å². The van der Waals surface area contributed by atoms with Gasteiger partial charge in [0.1, 0.15) is 11.4 Å². The Morgan fingerprint density at radius 2 is 1.86 bits per heavy atom. The van der Waals surface area contributed by atoms with Crippen molar-refractivity contribution in [2.45, 2.75) is 26.4 Å². The van der Waals surface area contributed by atoms with E-state index in [1.165, 1.54) is 0 Å². The van der Waals surface area contributed by atoms with Crippen LogP contribution in [0.2, 0.25) is 0 Å². The number of pyridine rings is 1. The van der Waals surface area contributed by atoms with Gasteiger partial charge in [-0.25, -0.2) is 0 Å². The summed E-state index contributed by atoms with van der Waals surface area (Å²) in [6.07, 6.45) is 4.03. The number of carbonyl (C=O) groups is 1. The van der Waals surface area contributed by atoms with E-state index < -0.39 is 0 Å². The fourth-order valence-corrected chi connectivity index (χ4v) is 3.18. The number of hydrogen-bond acceptors (Lipinski definition) is 5. The zero-order valence-corrected chi connectivity index (χ0v) is 16.7. The molecule has 29 heavy (non-hydrogen) atoms. The molecule has 0 spiro atoms. The Labute approximate surface area is 169 Å². The van der Waals surface area contributed by atoms with Crippen LogP contribution in [-0.2, 0) is 13.5 Å². The fraction of sp³-hybridized carbons (Fsp3) is 0.217. The molecule has 146 valence electrons. The van der Waals surface area contributed by atoms with E-state index in [0.717, 1.165) is 33.5 Å². The number of aryl methyl sites for hydroxylation is 1. The van der Waals surface area contributed by atoms with Crippen molar-refractivity contribution in [3.8, 4) is 17.0 Å². The topological polar surface area (TPSA) is 69.9 Å². The molecule has 4 aromatic rings. The lowest BCUT2D eigenvalue weighted by molar-refractivity contribution is 0.0992. The number of carbonyl (C=O) groups excluding carboxylic acids is 1. The number of hydrogen-bond donors (Lipinski definition) is 0. The second kappa shape index (κ2) is 7.83. The van der Waals surface area contributed by atoms with Crippen molar-refractivity contribution >= 4 is 16.6 Å². The average molecular weight is 386 g/mol. The van der Waals surface area contributed by atoms with Gasteiger partial charge in [-0.15, -0.1) is 5.10 Å². The second-order valence-electron chi connectivity index (χ2n) is 7.31. The van der Waals surface area contributed by atoms with Gasteiger partial charge in [0.05, 0.1) is 18.7 Å². The van der Waals surface area contributed by atoms with Gasteiger partial charge in [0.15, 0.2) is 5.78 Å². The molecule has 2 aromatic heterocycles. The highest BCUT2D eigenvalue weighted by Gasteiger charge is 2.10. The van der Waals surface area contributed by atoms with Gasteiger partial charge >= 0.3 is 0 Å². The molecule has 2 aromatic carbocycles. The van der Waals surface area contributed by atoms with E-state index in [2.05, 4.69) is 15.3 Å². The summed E-state index contributed by atoms with van der Waals surface area (Å²) < 4.78 is 7.30. The highest BCUT2D eigenvalue weighted by atomic mass is 16.5. The number of benzene rings is 2. The third-order valence-corrected chi connectivity index (χ3v) is 4.57. The highest BCUT2D eigenvalue weighted by molar-refractivity contribution is 5.98. The van der Waals surface area contributed by atoms with E-state index in [-0.39, 0.29) is 18.3 Å². The minimum Gasteiger partial charge on any atom is -0.491 e. The maximum atomic E-state index is 12.7. The van der Waals surface area contributed by atoms with Crippen molar-refractivity contribution in [3.63, 3.8) is 0 Å². The Bertz CT molecular complexity index is 1160. The van der Waals surface area contributed by atoms with E-state index in [4.69, 9.17) is 4.74 Å². The van der Waals surface area contributed by atoms with Crippen LogP contribution in [0.1, 0.15) is 29.9 Å². The number of ketones is 1. The van der Waals surface area contributed by atoms with Gasteiger partial charge in [0, 0.05) is 35.5 Å². The van der Waals surface area contributed by atoms with E-state index in [1.54, 1.807) is 23.0 Å². The molecule has 0 radical (unpaired) electrons. The molecule has 0 atom stereocenters. The predicted molar refractivity (Wildman–Crippen MR) is 112 cm³/mol. The molecular weight excluding hydrogens is 364 g/mol. The van der Waals surface area contributed by atoms with Gasteiger partial charge in [-0.2, -0.15) is 0 Å². The summed E-state index contributed by atoms with van der Waals surface area (Å²) in [5.74, 6) is 0.787. The number of rotatable bonds is 6. The zero-order valence-electron chi connectivity index (χ0n) is 16.7. The Morgan fingerprint density at radius 1 is 1.07 bits per heavy atom. The third kappa shape index (κ3) is 4.32. The van der Waals surface area contributed by atoms with Crippen LogP contribution in [0.4, 0.5) is 0 Å². The summed E-state index contributed by atoms with van der Waals surface area (Å²) >= 11 is 0. The lowest BCUT2D eigenvalue weighted by Crippen LogP contribution is -2.07. The van der Waals surface area contributed by atoms with Crippen molar-refractivity contribution in [1.82, 2.24) is 20.0 Å². The second-order valence-corrected chi connectivity index (χ2v) is 7.31. The van der Waals surface area contributed by atoms with Crippen LogP contribution in [-0.4, -0.2) is 31.9 Å². The minimum atomic E-state index is 0.0260. The van der Waals surface area contributed by atoms with Crippen LogP contribution in [0.5, 0.6) is 5.75 Å². The molecule has 4 rings (SSSR count). The third-order valence-electron chi connectivity index (χ3n) is 4.57. The van der Waals surface area contributed by atoms with Gasteiger partial charge in [0.2, 0.25) is 0 Å². The van der Waals surface area contributed by atoms with Gasteiger partial charge in [0.25, 0.3) is 0 Å². The lowest BCUT2D eigenvalue weighted by atomic mass is 10.0. The molecule has 6 heteroatoms. The van der Waals surface area contributed by atoms with Crippen molar-refractivity contribution in [3.05, 3.63) is 72.2 Å². The number of fused-ring (bicyclic) bond motifs is 1. The maximum absolute atomic E-state index is 12.7. The summed E-state index contributed by atoms with van der Waals surface area (Å²) in [5.41, 5.74) is 3.18. The molecule has 0 aliphatic carbocycles. The van der Waals surface area contributed by atoms with Crippen molar-refractivity contribution < 1.29 is 9.53 Å². The lowest BCUT2D eigenvalue weighted by Gasteiger charge is -2.10. The molecule has 6 nitrogen and oxygen atoms in total. The first-order chi connectivity index (χ1) is 14.0. The highest BCUT2D eigenvalue weighted by Crippen LogP contribution is 2.23. The van der Waals surface area contributed by atoms with E-state index in [0.29, 0.717) is 5.56 Å². The molecule has 0 N–H and O–H groups in total. The van der Waals surface area contributed by atoms with Crippen LogP contribution in [0.25, 0.3) is 22.0 Å². The van der Waals surface area contributed by atoms with Crippen LogP contribution in [0.3, 0.4) is 0 Å². The molecule has 0 unspecified atom stereocenters. The van der Waals surface area contributed by atoms with Crippen molar-refractivity contribution in [1.29, 1.82) is 0 Å². The smallest absolute Gasteiger partial charge is 0.168 e. The quantitative estimate of drug-likeness (QED) is 0.464. The van der Waals surface area contributed by atoms with E-state index in [9.17, 15) is 4.79 Å². The SMILES string of the molecule is CC(C)Oc1ccc(C(=O)Cc2cc3cc(-c4cn(C)nn4)ccc3cn2)cc1. The van der Waals surface area contributed by atoms with Crippen LogP contribution in [0, 0.1) is 0 Å². The average Bonchev–Trinajstić information content (AvgIpc) is 3.14. The summed E-state index contributed by atoms with van der Waals surface area (Å²) in [6.45, 7) is 3.94. The molecule has 0 aliphatic heterocycles. The summed E-state index contributed by atoms with van der Waals surface area (Å²) in [6, 6.07) is 15.3. The Hall–Kier alpha value is -3.54. The molecule has 0 saturated heterocycles. The first-order valence-electron chi connectivity index (χ1n) is 9.53. The largest absolute Gasteiger partial charge is 0.491 e. The van der Waals surface area contributed by atoms with Crippen molar-refractivity contribution in [2.75, 3.05) is 0 Å². The first kappa shape index (κ1) is 18.8. The standard InChI is InChI=1S/C23H22N4O2/c1-15(2)29-21-8-6-16(7-9-21)23(28)12-20-11-19-10-17(4-5-18(19)13-24-20)22-14-27(3)26-25-22/h4-11,13-15H,12H2,1-3H3. The number of Topliss-reactive ketones (excluding diaryl/α,β-unsaturated/α-hetero) is 1. The predicted octanol–water partition coefficient (Wildman–Crippen LogP) is 4.24. The van der Waals surface area contributed by atoms with Crippen LogP contribution < -0.4 is 4.74 Å². The fourth-order valence-electron chi connectivity index (χ4n) is 3.18. The van der Waals surface area contributed by atoms with E-state index >= 15 is 0 Å². The molecule has 0 bridgehead atoms. The van der Waals surface area contributed by atoms with Gasteiger partial charge in [-0.05, 0) is 55.6 Å². The maximum Gasteiger partial charge on any atom is 0.168 e. The Morgan fingerprint density at radius 3 is 2.55 bits per heavy atom. The number of ether oxygens (including phenoxy) is 1. The van der Waals surface area contributed by atoms with Crippen molar-refractivity contribution in [2.24, 2.45) is 7.05 Å². The van der Waals surface area contributed by atoms with E-state index in [1.807, 2.05) is 63.5 Å². The monoisotopic (exact) mass is 386 g/mol. The number of nitrogens with zero attached hydrogens (tertiary/aromatic N) is 4. The number of aromatic nitrogens is 4. The molecule has 0 saturated carbocycles. The summed E-state index contributed by atoms with van der Waals surface area (Å²) in [5, 5.41) is 10.2. The zero-order chi connectivity index (χ0) is 20.4. The normalized spacial score (nSPS) is 11.2. The van der Waals surface area contributed by atoms with Gasteiger partial charge in [-0.1, -0.05) is 17.3 Å². The van der Waals surface area contributed by atoms with Crippen LogP contribution >= 0.6 is 0 Å². The molecule has 0 amide bonds. The molecule has 2 heterocycles. The first-order valence-corrected chi connectivity index (χ1v) is 9.53. The van der Waals surface area contributed by atoms with Crippen LogP contribution in [0.15, 0.2) is 60.9 Å². The molecular formula is C23H22N4O2. The summed E-state index contributed by atoms with van der Waals surface area (Å²) in [7, 11) is 1.84. The molecule has 0 fully saturated rings. The van der Waals surface area contributed by atoms with Gasteiger partial charge in [-0.3, -0.25) is 14.5 Å².